The van der Waals surface area contributed by atoms with Gasteiger partial charge in [-0.05, 0) is 11.0 Å². The molecule has 0 saturated heterocycles. The van der Waals surface area contributed by atoms with Crippen molar-refractivity contribution in [3.05, 3.63) is 10.1 Å². The van der Waals surface area contributed by atoms with E-state index in [9.17, 15) is 0 Å². The van der Waals surface area contributed by atoms with Crippen molar-refractivity contribution in [2.45, 2.75) is 0 Å². The molecule has 0 aliphatic rings. The Balaban J connectivity index is 0. The van der Waals surface area contributed by atoms with E-state index < -0.39 is 5.09 Å². The fourth-order valence-electron chi connectivity index (χ4n) is 0. The summed E-state index contributed by atoms with van der Waals surface area (Å²) in [5.74, 6) is 0. The van der Waals surface area contributed by atoms with Crippen molar-refractivity contribution in [1.29, 1.82) is 0 Å². The standard InChI is InChI=1S/HNO3.H4Si/c2-1(3)4;/h(H,2,3,4);1H4. The zero-order valence-electron chi connectivity index (χ0n) is 1.71. The molecule has 0 aromatic rings. The van der Waals surface area contributed by atoms with Gasteiger partial charge in [-0.15, -0.1) is 10.1 Å². The second kappa shape index (κ2) is 3.42. The van der Waals surface area contributed by atoms with Gasteiger partial charge in [0.25, 0.3) is 5.09 Å². The third kappa shape index (κ3) is 20.2. The second-order valence-corrected chi connectivity index (χ2v) is 0.238. The van der Waals surface area contributed by atoms with Gasteiger partial charge in [-0.25, -0.2) is 0 Å². The minimum atomic E-state index is -1.50. The van der Waals surface area contributed by atoms with Crippen molar-refractivity contribution < 1.29 is 10.3 Å². The van der Waals surface area contributed by atoms with Crippen LogP contribution in [0.15, 0.2) is 0 Å². The van der Waals surface area contributed by atoms with E-state index in [2.05, 4.69) is 0 Å². The van der Waals surface area contributed by atoms with E-state index >= 15 is 0 Å². The molecule has 0 amide bonds. The first-order valence-corrected chi connectivity index (χ1v) is 0.565. The summed E-state index contributed by atoms with van der Waals surface area (Å²) in [5, 5.41) is 13.6. The monoisotopic (exact) mass is 95.0 g/mol. The topological polar surface area (TPSA) is 63.4 Å². The predicted molar refractivity (Wildman–Crippen MR) is 20.1 cm³/mol. The van der Waals surface area contributed by atoms with E-state index in [1.807, 2.05) is 0 Å². The Kier molecular flexibility index (Phi) is 6.03. The second-order valence-electron chi connectivity index (χ2n) is 0.238. The molecule has 0 saturated carbocycles. The van der Waals surface area contributed by atoms with Crippen LogP contribution in [-0.2, 0) is 0 Å². The van der Waals surface area contributed by atoms with E-state index in [-0.39, 0.29) is 11.0 Å². The minimum absolute atomic E-state index is 0. The predicted octanol–water partition coefficient (Wildman–Crippen LogP) is -1.80. The highest BCUT2D eigenvalue weighted by atomic mass is 28.1. The van der Waals surface area contributed by atoms with Crippen LogP contribution in [-0.4, -0.2) is 21.3 Å². The summed E-state index contributed by atoms with van der Waals surface area (Å²) >= 11 is 0. The Morgan fingerprint density at radius 2 is 1.80 bits per heavy atom. The molecule has 0 heterocycles. The molecule has 0 fully saturated rings. The van der Waals surface area contributed by atoms with Gasteiger partial charge in [0, 0.05) is 0 Å². The smallest absolute Gasteiger partial charge is 0.291 e. The lowest BCUT2D eigenvalue weighted by Gasteiger charge is -1.56. The molecule has 0 spiro atoms. The first-order valence-electron chi connectivity index (χ1n) is 0.565. The molecule has 0 aliphatic carbocycles. The Hall–Kier alpha value is -0.583. The number of hydrogen-bond donors (Lipinski definition) is 1. The van der Waals surface area contributed by atoms with Crippen LogP contribution in [0.4, 0.5) is 0 Å². The quantitative estimate of drug-likeness (QED) is 0.219. The van der Waals surface area contributed by atoms with Crippen LogP contribution < -0.4 is 0 Å². The van der Waals surface area contributed by atoms with Crippen LogP contribution in [0.5, 0.6) is 0 Å². The molecule has 0 rings (SSSR count). The molecule has 0 aromatic carbocycles. The molecule has 4 nitrogen and oxygen atoms in total. The zero-order chi connectivity index (χ0) is 3.58. The van der Waals surface area contributed by atoms with Gasteiger partial charge in [0.2, 0.25) is 0 Å². The fourth-order valence-corrected chi connectivity index (χ4v) is 0. The van der Waals surface area contributed by atoms with Crippen molar-refractivity contribution in [1.82, 2.24) is 0 Å². The van der Waals surface area contributed by atoms with Gasteiger partial charge in [-0.2, -0.15) is 0 Å². The summed E-state index contributed by atoms with van der Waals surface area (Å²) in [6, 6.07) is 0. The minimum Gasteiger partial charge on any atom is -0.328 e. The van der Waals surface area contributed by atoms with E-state index in [0.29, 0.717) is 0 Å². The van der Waals surface area contributed by atoms with Crippen molar-refractivity contribution in [3.8, 4) is 0 Å². The third-order valence-corrected chi connectivity index (χ3v) is 0. The summed E-state index contributed by atoms with van der Waals surface area (Å²) in [4.78, 5) is 8.36. The maximum atomic E-state index is 8.36. The molecular formula is H5NO3Si. The SMILES string of the molecule is O=[N+]([O-])O.[SiH4]. The van der Waals surface area contributed by atoms with Gasteiger partial charge < -0.3 is 5.21 Å². The normalized spacial score (nSPS) is 4.80. The van der Waals surface area contributed by atoms with Crippen molar-refractivity contribution >= 4 is 11.0 Å². The van der Waals surface area contributed by atoms with E-state index in [4.69, 9.17) is 15.3 Å². The number of rotatable bonds is 0. The van der Waals surface area contributed by atoms with Gasteiger partial charge in [-0.3, -0.25) is 0 Å². The maximum Gasteiger partial charge on any atom is 0.291 e. The van der Waals surface area contributed by atoms with Crippen LogP contribution >= 0.6 is 0 Å². The highest BCUT2D eigenvalue weighted by Gasteiger charge is 1.65. The third-order valence-electron chi connectivity index (χ3n) is 0. The molecule has 5 heteroatoms. The van der Waals surface area contributed by atoms with Crippen LogP contribution in [0.1, 0.15) is 0 Å². The summed E-state index contributed by atoms with van der Waals surface area (Å²) < 4.78 is 0. The van der Waals surface area contributed by atoms with Gasteiger partial charge in [0.15, 0.2) is 0 Å². The van der Waals surface area contributed by atoms with Gasteiger partial charge in [-0.1, -0.05) is 0 Å². The fraction of sp³-hybridized carbons (Fsp3) is 0. The Morgan fingerprint density at radius 1 is 1.80 bits per heavy atom. The van der Waals surface area contributed by atoms with E-state index in [1.54, 1.807) is 0 Å². The molecule has 32 valence electrons. The first kappa shape index (κ1) is 8.83. The molecule has 0 atom stereocenters. The molecule has 5 heavy (non-hydrogen) atoms. The Bertz CT molecular complexity index is 29.9. The highest BCUT2D eigenvalue weighted by Crippen LogP contribution is 1.38. The molecular weight excluding hydrogens is 90.1 g/mol. The lowest BCUT2D eigenvalue weighted by Crippen LogP contribution is -1.81. The van der Waals surface area contributed by atoms with E-state index in [0.717, 1.165) is 0 Å². The summed E-state index contributed by atoms with van der Waals surface area (Å²) in [6.45, 7) is 0. The Morgan fingerprint density at radius 3 is 1.80 bits per heavy atom. The molecule has 0 unspecified atom stereocenters. The molecule has 0 aliphatic heterocycles. The highest BCUT2D eigenvalue weighted by molar-refractivity contribution is 5.75. The van der Waals surface area contributed by atoms with Crippen LogP contribution in [0.2, 0.25) is 0 Å². The number of hydrogen-bond acceptors (Lipinski definition) is 2. The van der Waals surface area contributed by atoms with Crippen LogP contribution in [0.3, 0.4) is 0 Å². The maximum absolute atomic E-state index is 8.36. The average Bonchev–Trinajstić information content (AvgIpc) is 0.811. The van der Waals surface area contributed by atoms with Crippen molar-refractivity contribution in [3.63, 3.8) is 0 Å². The number of nitrogens with zero attached hydrogens (tertiary/aromatic N) is 1. The molecule has 0 radical (unpaired) electrons. The average molecular weight is 95.1 g/mol. The lowest BCUT2D eigenvalue weighted by atomic mass is 13.1. The first-order chi connectivity index (χ1) is 1.73. The molecule has 0 aromatic heterocycles. The molecule has 0 bridgehead atoms. The lowest BCUT2D eigenvalue weighted by molar-refractivity contribution is -0.742. The Labute approximate surface area is 32.5 Å². The van der Waals surface area contributed by atoms with Crippen molar-refractivity contribution in [2.75, 3.05) is 0 Å². The largest absolute Gasteiger partial charge is 0.328 e. The van der Waals surface area contributed by atoms with Gasteiger partial charge in [0.05, 0.1) is 0 Å². The van der Waals surface area contributed by atoms with Gasteiger partial charge >= 0.3 is 0 Å². The van der Waals surface area contributed by atoms with Crippen LogP contribution in [0, 0.1) is 10.1 Å². The zero-order valence-corrected chi connectivity index (χ0v) is 1.71. The summed E-state index contributed by atoms with van der Waals surface area (Å²) in [7, 11) is 0. The van der Waals surface area contributed by atoms with Crippen LogP contribution in [0.25, 0.3) is 0 Å². The molecule has 1 N–H and O–H groups in total. The van der Waals surface area contributed by atoms with E-state index in [1.165, 1.54) is 0 Å². The van der Waals surface area contributed by atoms with Gasteiger partial charge in [0.1, 0.15) is 0 Å². The summed E-state index contributed by atoms with van der Waals surface area (Å²) in [6.07, 6.45) is 0. The van der Waals surface area contributed by atoms with Crippen molar-refractivity contribution in [2.24, 2.45) is 0 Å². The summed E-state index contributed by atoms with van der Waals surface area (Å²) in [5.41, 5.74) is 0.